The van der Waals surface area contributed by atoms with E-state index in [-0.39, 0.29) is 5.41 Å². The van der Waals surface area contributed by atoms with Gasteiger partial charge < -0.3 is 4.57 Å². The van der Waals surface area contributed by atoms with Crippen molar-refractivity contribution in [1.82, 2.24) is 14.5 Å². The summed E-state index contributed by atoms with van der Waals surface area (Å²) in [5, 5.41) is 5.34. The highest BCUT2D eigenvalue weighted by Crippen LogP contribution is 2.53. The first-order valence-corrected chi connectivity index (χ1v) is 20.2. The number of para-hydroxylation sites is 2. The zero-order valence-corrected chi connectivity index (χ0v) is 29.1. The Balaban J connectivity index is 1.31. The summed E-state index contributed by atoms with van der Waals surface area (Å²) in [5.74, 6) is 0.768. The molecule has 0 saturated carbocycles. The number of benzene rings is 6. The van der Waals surface area contributed by atoms with Crippen LogP contribution in [0.1, 0.15) is 25.0 Å². The lowest BCUT2D eigenvalue weighted by molar-refractivity contribution is 0.661. The molecule has 3 heterocycles. The van der Waals surface area contributed by atoms with E-state index in [9.17, 15) is 0 Å². The summed E-state index contributed by atoms with van der Waals surface area (Å²) in [4.78, 5) is 10.8. The highest BCUT2D eigenvalue weighted by molar-refractivity contribution is 7.04. The van der Waals surface area contributed by atoms with Crippen molar-refractivity contribution in [3.05, 3.63) is 151 Å². The number of rotatable bonds is 3. The van der Waals surface area contributed by atoms with Gasteiger partial charge in [0.2, 0.25) is 0 Å². The number of aromatic nitrogens is 3. The molecular formula is C45H35N3Si. The fourth-order valence-electron chi connectivity index (χ4n) is 8.91. The second kappa shape index (κ2) is 9.97. The Kier molecular flexibility index (Phi) is 5.79. The zero-order valence-electron chi connectivity index (χ0n) is 28.1. The van der Waals surface area contributed by atoms with Crippen molar-refractivity contribution < 1.29 is 0 Å². The summed E-state index contributed by atoms with van der Waals surface area (Å²) in [6, 6.07) is 50.8. The van der Waals surface area contributed by atoms with Crippen LogP contribution in [-0.2, 0) is 5.41 Å². The van der Waals surface area contributed by atoms with Gasteiger partial charge in [0, 0.05) is 27.3 Å². The van der Waals surface area contributed by atoms with E-state index < -0.39 is 8.07 Å². The highest BCUT2D eigenvalue weighted by Gasteiger charge is 2.42. The van der Waals surface area contributed by atoms with Gasteiger partial charge >= 0.3 is 0 Å². The summed E-state index contributed by atoms with van der Waals surface area (Å²) in [6.07, 6.45) is 0. The van der Waals surface area contributed by atoms with Crippen LogP contribution < -0.4 is 10.4 Å². The summed E-state index contributed by atoms with van der Waals surface area (Å²) < 4.78 is 2.49. The van der Waals surface area contributed by atoms with Crippen LogP contribution in [0.5, 0.6) is 0 Å². The number of nitrogens with zero attached hydrogens (tertiary/aromatic N) is 3. The van der Waals surface area contributed by atoms with E-state index in [1.165, 1.54) is 60.0 Å². The fourth-order valence-corrected chi connectivity index (χ4v) is 12.1. The smallest absolute Gasteiger partial charge is 0.160 e. The van der Waals surface area contributed by atoms with Crippen molar-refractivity contribution in [2.45, 2.75) is 32.4 Å². The van der Waals surface area contributed by atoms with Crippen molar-refractivity contribution in [2.75, 3.05) is 0 Å². The van der Waals surface area contributed by atoms with Crippen LogP contribution in [0.2, 0.25) is 13.1 Å². The molecule has 8 aromatic rings. The maximum Gasteiger partial charge on any atom is 0.160 e. The van der Waals surface area contributed by atoms with Crippen molar-refractivity contribution in [3.63, 3.8) is 0 Å². The summed E-state index contributed by atoms with van der Waals surface area (Å²) in [5.41, 5.74) is 14.5. The summed E-state index contributed by atoms with van der Waals surface area (Å²) in [7, 11) is -2.15. The van der Waals surface area contributed by atoms with E-state index in [0.29, 0.717) is 0 Å². The maximum absolute atomic E-state index is 5.51. The third kappa shape index (κ3) is 3.78. The van der Waals surface area contributed by atoms with Crippen molar-refractivity contribution in [1.29, 1.82) is 0 Å². The number of hydrogen-bond donors (Lipinski definition) is 0. The normalized spacial score (nSPS) is 14.9. The minimum atomic E-state index is -2.15. The molecule has 6 aromatic carbocycles. The predicted molar refractivity (Wildman–Crippen MR) is 207 cm³/mol. The minimum absolute atomic E-state index is 0.0677. The van der Waals surface area contributed by atoms with Gasteiger partial charge in [-0.25, -0.2) is 9.97 Å². The Labute approximate surface area is 287 Å². The molecule has 3 nitrogen and oxygen atoms in total. The van der Waals surface area contributed by atoms with Crippen molar-refractivity contribution in [2.24, 2.45) is 0 Å². The minimum Gasteiger partial charge on any atom is -0.309 e. The van der Waals surface area contributed by atoms with E-state index in [1.54, 1.807) is 0 Å². The Morgan fingerprint density at radius 2 is 1.18 bits per heavy atom. The largest absolute Gasteiger partial charge is 0.309 e. The third-order valence-corrected chi connectivity index (χ3v) is 14.7. The van der Waals surface area contributed by atoms with E-state index in [0.717, 1.165) is 34.0 Å². The first-order chi connectivity index (χ1) is 23.9. The fraction of sp³-hybridized carbons (Fsp3) is 0.111. The lowest BCUT2D eigenvalue weighted by atomic mass is 9.82. The topological polar surface area (TPSA) is 30.7 Å². The third-order valence-electron chi connectivity index (χ3n) is 11.2. The average molecular weight is 646 g/mol. The molecule has 0 N–H and O–H groups in total. The average Bonchev–Trinajstić information content (AvgIpc) is 3.69. The Morgan fingerprint density at radius 1 is 0.551 bits per heavy atom. The molecule has 0 radical (unpaired) electrons. The molecule has 10 rings (SSSR count). The quantitative estimate of drug-likeness (QED) is 0.179. The molecule has 1 aliphatic heterocycles. The van der Waals surface area contributed by atoms with Gasteiger partial charge in [-0.15, -0.1) is 0 Å². The first kappa shape index (κ1) is 28.4. The zero-order chi connectivity index (χ0) is 33.1. The van der Waals surface area contributed by atoms with Crippen molar-refractivity contribution >= 4 is 40.3 Å². The maximum atomic E-state index is 5.51. The molecule has 0 spiro atoms. The number of fused-ring (bicyclic) bond motifs is 10. The molecule has 0 unspecified atom stereocenters. The van der Waals surface area contributed by atoms with E-state index in [4.69, 9.17) is 9.97 Å². The van der Waals surface area contributed by atoms with Gasteiger partial charge in [0.15, 0.2) is 5.82 Å². The molecule has 234 valence electrons. The molecule has 49 heavy (non-hydrogen) atoms. The SMILES string of the molecule is CC1(C)c2ccccc2-c2c1ccc1c2c2ccccc2n1-c1ccccc1-c1nc(-c2ccccc2)nc2c1[Si](C)(C)c1ccccc1-2. The molecule has 4 heteroatoms. The lowest BCUT2D eigenvalue weighted by Gasteiger charge is -2.23. The van der Waals surface area contributed by atoms with Crippen LogP contribution in [-0.4, -0.2) is 22.6 Å². The standard InChI is InChI=1S/C45H35N3Si/c1-45(2)33-22-12-8-18-29(33)39-34(45)26-27-37-40(39)30-19-9-13-23-35(30)48(37)36-24-14-10-20-31(36)41-43-42(32-21-11-15-25-38(32)49(43,3)4)47-44(46-41)28-16-6-5-7-17-28/h5-27H,1-4H3. The molecule has 0 bridgehead atoms. The molecule has 2 aromatic heterocycles. The van der Waals surface area contributed by atoms with Gasteiger partial charge in [0.1, 0.15) is 8.07 Å². The molecule has 0 amide bonds. The summed E-state index contributed by atoms with van der Waals surface area (Å²) >= 11 is 0. The van der Waals surface area contributed by atoms with Gasteiger partial charge in [0.05, 0.1) is 28.1 Å². The van der Waals surface area contributed by atoms with E-state index in [2.05, 4.69) is 171 Å². The second-order valence-electron chi connectivity index (χ2n) is 14.6. The molecule has 0 fully saturated rings. The van der Waals surface area contributed by atoms with E-state index in [1.807, 2.05) is 0 Å². The lowest BCUT2D eigenvalue weighted by Crippen LogP contribution is -2.50. The van der Waals surface area contributed by atoms with E-state index >= 15 is 0 Å². The van der Waals surface area contributed by atoms with Crippen LogP contribution in [0, 0.1) is 0 Å². The highest BCUT2D eigenvalue weighted by atomic mass is 28.3. The molecular weight excluding hydrogens is 611 g/mol. The van der Waals surface area contributed by atoms with Crippen LogP contribution in [0.4, 0.5) is 0 Å². The van der Waals surface area contributed by atoms with Gasteiger partial charge in [-0.1, -0.05) is 148 Å². The first-order valence-electron chi connectivity index (χ1n) is 17.2. The van der Waals surface area contributed by atoms with Gasteiger partial charge in [-0.05, 0) is 56.4 Å². The Morgan fingerprint density at radius 3 is 2.00 bits per heavy atom. The van der Waals surface area contributed by atoms with Crippen LogP contribution in [0.25, 0.3) is 72.5 Å². The predicted octanol–water partition coefficient (Wildman–Crippen LogP) is 10.0. The molecule has 2 aliphatic rings. The van der Waals surface area contributed by atoms with Gasteiger partial charge in [-0.2, -0.15) is 0 Å². The molecule has 0 saturated heterocycles. The molecule has 1 aliphatic carbocycles. The van der Waals surface area contributed by atoms with Crippen LogP contribution in [0.3, 0.4) is 0 Å². The molecule has 0 atom stereocenters. The van der Waals surface area contributed by atoms with Gasteiger partial charge in [-0.3, -0.25) is 0 Å². The van der Waals surface area contributed by atoms with Crippen molar-refractivity contribution in [3.8, 4) is 50.7 Å². The van der Waals surface area contributed by atoms with Gasteiger partial charge in [0.25, 0.3) is 0 Å². The summed E-state index contributed by atoms with van der Waals surface area (Å²) in [6.45, 7) is 9.64. The number of hydrogen-bond acceptors (Lipinski definition) is 2. The second-order valence-corrected chi connectivity index (χ2v) is 18.9. The van der Waals surface area contributed by atoms with Crippen LogP contribution in [0.15, 0.2) is 140 Å². The Bertz CT molecular complexity index is 2660. The monoisotopic (exact) mass is 645 g/mol. The Hall–Kier alpha value is -5.58. The van der Waals surface area contributed by atoms with Crippen LogP contribution >= 0.6 is 0 Å².